The van der Waals surface area contributed by atoms with Crippen LogP contribution in [-0.4, -0.2) is 13.0 Å². The number of anilines is 1. The molecule has 0 N–H and O–H groups in total. The number of unbranched alkanes of at least 4 members (excludes halogenated alkanes) is 2. The Bertz CT molecular complexity index is 450. The molecule has 0 aliphatic rings. The molecule has 0 atom stereocenters. The highest BCUT2D eigenvalue weighted by Crippen LogP contribution is 2.21. The summed E-state index contributed by atoms with van der Waals surface area (Å²) in [5.74, 6) is 0.196. The number of para-hydroxylation sites is 1. The van der Waals surface area contributed by atoms with Crippen molar-refractivity contribution in [1.29, 1.82) is 0 Å². The van der Waals surface area contributed by atoms with Crippen molar-refractivity contribution >= 4 is 34.2 Å². The molecule has 0 radical (unpaired) electrons. The SMILES string of the molecule is CC(C)=CCCCCC(=O)N(C)c1ccccc1I. The Morgan fingerprint density at radius 1 is 1.26 bits per heavy atom. The summed E-state index contributed by atoms with van der Waals surface area (Å²) >= 11 is 2.27. The van der Waals surface area contributed by atoms with E-state index in [1.807, 2.05) is 31.3 Å². The fourth-order valence-corrected chi connectivity index (χ4v) is 2.59. The van der Waals surface area contributed by atoms with Crippen LogP contribution in [0.2, 0.25) is 0 Å². The minimum Gasteiger partial charge on any atom is -0.314 e. The molecule has 1 amide bonds. The fourth-order valence-electron chi connectivity index (χ4n) is 1.84. The third-order valence-corrected chi connectivity index (χ3v) is 3.90. The molecule has 0 unspecified atom stereocenters. The van der Waals surface area contributed by atoms with Crippen LogP contribution in [0.1, 0.15) is 39.5 Å². The number of amides is 1. The van der Waals surface area contributed by atoms with Gasteiger partial charge in [-0.25, -0.2) is 0 Å². The van der Waals surface area contributed by atoms with Crippen LogP contribution in [0.3, 0.4) is 0 Å². The molecule has 0 aliphatic heterocycles. The molecule has 3 heteroatoms. The van der Waals surface area contributed by atoms with E-state index in [4.69, 9.17) is 0 Å². The minimum atomic E-state index is 0.196. The molecule has 0 bridgehead atoms. The van der Waals surface area contributed by atoms with Crippen molar-refractivity contribution in [3.8, 4) is 0 Å². The Morgan fingerprint density at radius 3 is 2.58 bits per heavy atom. The number of hydrogen-bond donors (Lipinski definition) is 0. The first-order valence-electron chi connectivity index (χ1n) is 6.67. The van der Waals surface area contributed by atoms with E-state index in [-0.39, 0.29) is 5.91 Å². The van der Waals surface area contributed by atoms with E-state index in [0.29, 0.717) is 6.42 Å². The van der Waals surface area contributed by atoms with Gasteiger partial charge in [-0.05, 0) is 67.8 Å². The maximum absolute atomic E-state index is 12.1. The molecule has 19 heavy (non-hydrogen) atoms. The van der Waals surface area contributed by atoms with Crippen molar-refractivity contribution in [2.45, 2.75) is 39.5 Å². The van der Waals surface area contributed by atoms with Crippen LogP contribution in [0.5, 0.6) is 0 Å². The molecule has 0 saturated carbocycles. The van der Waals surface area contributed by atoms with Gasteiger partial charge in [-0.1, -0.05) is 23.8 Å². The van der Waals surface area contributed by atoms with Gasteiger partial charge in [0.25, 0.3) is 0 Å². The van der Waals surface area contributed by atoms with Crippen molar-refractivity contribution in [3.05, 3.63) is 39.5 Å². The quantitative estimate of drug-likeness (QED) is 0.400. The standard InChI is InChI=1S/C16H22INO/c1-13(2)9-5-4-6-12-16(19)18(3)15-11-8-7-10-14(15)17/h7-11H,4-6,12H2,1-3H3. The molecule has 0 spiro atoms. The highest BCUT2D eigenvalue weighted by Gasteiger charge is 2.12. The summed E-state index contributed by atoms with van der Waals surface area (Å²) in [6, 6.07) is 7.97. The summed E-state index contributed by atoms with van der Waals surface area (Å²) in [7, 11) is 1.86. The van der Waals surface area contributed by atoms with E-state index in [1.165, 1.54) is 5.57 Å². The Hall–Kier alpha value is -0.840. The molecule has 1 aromatic rings. The van der Waals surface area contributed by atoms with Gasteiger partial charge in [-0.3, -0.25) is 4.79 Å². The average molecular weight is 371 g/mol. The number of rotatable bonds is 6. The van der Waals surface area contributed by atoms with Gasteiger partial charge in [0.2, 0.25) is 5.91 Å². The highest BCUT2D eigenvalue weighted by atomic mass is 127. The molecule has 0 saturated heterocycles. The van der Waals surface area contributed by atoms with Crippen molar-refractivity contribution in [2.24, 2.45) is 0 Å². The van der Waals surface area contributed by atoms with Crippen LogP contribution < -0.4 is 4.90 Å². The number of carbonyl (C=O) groups excluding carboxylic acids is 1. The molecular formula is C16H22INO. The Labute approximate surface area is 130 Å². The summed E-state index contributed by atoms with van der Waals surface area (Å²) in [5.41, 5.74) is 2.35. The van der Waals surface area contributed by atoms with Crippen molar-refractivity contribution in [2.75, 3.05) is 11.9 Å². The zero-order valence-corrected chi connectivity index (χ0v) is 14.1. The van der Waals surface area contributed by atoms with Crippen molar-refractivity contribution in [1.82, 2.24) is 0 Å². The molecule has 104 valence electrons. The van der Waals surface area contributed by atoms with E-state index < -0.39 is 0 Å². The largest absolute Gasteiger partial charge is 0.314 e. The number of carbonyl (C=O) groups is 1. The molecule has 0 fully saturated rings. The first-order chi connectivity index (χ1) is 9.02. The second kappa shape index (κ2) is 8.35. The third-order valence-electron chi connectivity index (χ3n) is 2.99. The minimum absolute atomic E-state index is 0.196. The van der Waals surface area contributed by atoms with E-state index in [0.717, 1.165) is 28.5 Å². The highest BCUT2D eigenvalue weighted by molar-refractivity contribution is 14.1. The van der Waals surface area contributed by atoms with Crippen molar-refractivity contribution in [3.63, 3.8) is 0 Å². The molecule has 0 aliphatic carbocycles. The lowest BCUT2D eigenvalue weighted by molar-refractivity contribution is -0.118. The maximum atomic E-state index is 12.1. The monoisotopic (exact) mass is 371 g/mol. The Morgan fingerprint density at radius 2 is 1.95 bits per heavy atom. The molecule has 0 heterocycles. The number of halogens is 1. The molecule has 1 rings (SSSR count). The number of allylic oxidation sites excluding steroid dienone is 2. The van der Waals surface area contributed by atoms with Gasteiger partial charge in [0.1, 0.15) is 0 Å². The van der Waals surface area contributed by atoms with Crippen LogP contribution in [0.15, 0.2) is 35.9 Å². The second-order valence-corrected chi connectivity index (χ2v) is 6.09. The second-order valence-electron chi connectivity index (χ2n) is 4.93. The molecule has 2 nitrogen and oxygen atoms in total. The first-order valence-corrected chi connectivity index (χ1v) is 7.74. The number of benzene rings is 1. The number of hydrogen-bond acceptors (Lipinski definition) is 1. The van der Waals surface area contributed by atoms with Gasteiger partial charge in [0.05, 0.1) is 5.69 Å². The van der Waals surface area contributed by atoms with Crippen LogP contribution >= 0.6 is 22.6 Å². The number of nitrogens with zero attached hydrogens (tertiary/aromatic N) is 1. The predicted molar refractivity (Wildman–Crippen MR) is 90.5 cm³/mol. The molecular weight excluding hydrogens is 349 g/mol. The topological polar surface area (TPSA) is 20.3 Å². The summed E-state index contributed by atoms with van der Waals surface area (Å²) in [6.07, 6.45) is 5.96. The van der Waals surface area contributed by atoms with Gasteiger partial charge >= 0.3 is 0 Å². The lowest BCUT2D eigenvalue weighted by atomic mass is 10.1. The normalized spacial score (nSPS) is 10.1. The van der Waals surface area contributed by atoms with Crippen LogP contribution in [0, 0.1) is 3.57 Å². The van der Waals surface area contributed by atoms with Crippen LogP contribution in [0.4, 0.5) is 5.69 Å². The molecule has 1 aromatic carbocycles. The van der Waals surface area contributed by atoms with Gasteiger partial charge in [0, 0.05) is 17.0 Å². The fraction of sp³-hybridized carbons (Fsp3) is 0.438. The van der Waals surface area contributed by atoms with Gasteiger partial charge in [-0.15, -0.1) is 0 Å². The summed E-state index contributed by atoms with van der Waals surface area (Å²) < 4.78 is 1.11. The Balaban J connectivity index is 2.42. The maximum Gasteiger partial charge on any atom is 0.226 e. The average Bonchev–Trinajstić information content (AvgIpc) is 2.37. The van der Waals surface area contributed by atoms with E-state index >= 15 is 0 Å². The van der Waals surface area contributed by atoms with Gasteiger partial charge < -0.3 is 4.90 Å². The van der Waals surface area contributed by atoms with Crippen molar-refractivity contribution < 1.29 is 4.79 Å². The third kappa shape index (κ3) is 5.76. The Kier molecular flexibility index (Phi) is 7.13. The lowest BCUT2D eigenvalue weighted by Crippen LogP contribution is -2.26. The zero-order valence-electron chi connectivity index (χ0n) is 11.9. The smallest absolute Gasteiger partial charge is 0.226 e. The summed E-state index contributed by atoms with van der Waals surface area (Å²) in [6.45, 7) is 4.21. The van der Waals surface area contributed by atoms with Gasteiger partial charge in [-0.2, -0.15) is 0 Å². The van der Waals surface area contributed by atoms with E-state index in [1.54, 1.807) is 4.90 Å². The van der Waals surface area contributed by atoms with E-state index in [9.17, 15) is 4.79 Å². The van der Waals surface area contributed by atoms with Crippen LogP contribution in [0.25, 0.3) is 0 Å². The van der Waals surface area contributed by atoms with Crippen LogP contribution in [-0.2, 0) is 4.79 Å². The lowest BCUT2D eigenvalue weighted by Gasteiger charge is -2.18. The first kappa shape index (κ1) is 16.2. The summed E-state index contributed by atoms with van der Waals surface area (Å²) in [4.78, 5) is 13.9. The predicted octanol–water partition coefficient (Wildman–Crippen LogP) is 4.78. The summed E-state index contributed by atoms with van der Waals surface area (Å²) in [5, 5.41) is 0. The zero-order chi connectivity index (χ0) is 14.3. The molecule has 0 aromatic heterocycles. The van der Waals surface area contributed by atoms with Gasteiger partial charge in [0.15, 0.2) is 0 Å². The van der Waals surface area contributed by atoms with E-state index in [2.05, 4.69) is 42.5 Å².